The standard InChI is InChI=1S/C18H12Br2N6O2S4/c19-11-5-21-17(31-11)25-13(27)7-29-15-16(24-10-4-2-1-3-9(10)23-15)30-8-14(28)26-18-22-6-12(20)32-18/h1-6H,7-8H2,(H,21,25,27)(H,22,26,28). The van der Waals surface area contributed by atoms with Crippen molar-refractivity contribution < 1.29 is 9.59 Å². The first kappa shape index (κ1) is 23.6. The number of para-hydroxylation sites is 2. The molecule has 0 spiro atoms. The molecule has 4 aromatic rings. The van der Waals surface area contributed by atoms with Gasteiger partial charge in [0.25, 0.3) is 0 Å². The number of thioether (sulfide) groups is 2. The highest BCUT2D eigenvalue weighted by molar-refractivity contribution is 9.11. The van der Waals surface area contributed by atoms with Crippen molar-refractivity contribution >= 4 is 111 Å². The maximum absolute atomic E-state index is 12.3. The molecule has 0 saturated heterocycles. The zero-order valence-electron chi connectivity index (χ0n) is 15.9. The molecule has 0 unspecified atom stereocenters. The van der Waals surface area contributed by atoms with E-state index in [2.05, 4.69) is 62.4 Å². The molecule has 0 bridgehead atoms. The van der Waals surface area contributed by atoms with Crippen LogP contribution >= 0.6 is 78.1 Å². The number of carbonyl (C=O) groups excluding carboxylic acids is 2. The van der Waals surface area contributed by atoms with Crippen molar-refractivity contribution in [2.75, 3.05) is 22.1 Å². The quantitative estimate of drug-likeness (QED) is 0.244. The number of halogens is 2. The summed E-state index contributed by atoms with van der Waals surface area (Å²) in [5.74, 6) is -0.126. The highest BCUT2D eigenvalue weighted by atomic mass is 79.9. The van der Waals surface area contributed by atoms with Crippen LogP contribution in [-0.2, 0) is 9.59 Å². The fourth-order valence-electron chi connectivity index (χ4n) is 2.36. The van der Waals surface area contributed by atoms with Crippen molar-refractivity contribution in [3.8, 4) is 0 Å². The molecule has 14 heteroatoms. The molecule has 32 heavy (non-hydrogen) atoms. The van der Waals surface area contributed by atoms with Gasteiger partial charge in [-0.05, 0) is 44.0 Å². The number of fused-ring (bicyclic) bond motifs is 1. The van der Waals surface area contributed by atoms with Gasteiger partial charge in [0.2, 0.25) is 11.8 Å². The second kappa shape index (κ2) is 11.0. The lowest BCUT2D eigenvalue weighted by Crippen LogP contribution is -2.15. The summed E-state index contributed by atoms with van der Waals surface area (Å²) < 4.78 is 1.67. The summed E-state index contributed by atoms with van der Waals surface area (Å²) in [4.78, 5) is 42.2. The van der Waals surface area contributed by atoms with Gasteiger partial charge in [-0.2, -0.15) is 0 Å². The van der Waals surface area contributed by atoms with Gasteiger partial charge in [-0.25, -0.2) is 19.9 Å². The molecule has 0 radical (unpaired) electrons. The number of aromatic nitrogens is 4. The third-order valence-corrected chi connectivity index (χ3v) is 8.48. The fraction of sp³-hybridized carbons (Fsp3) is 0.111. The van der Waals surface area contributed by atoms with E-state index in [-0.39, 0.29) is 23.3 Å². The smallest absolute Gasteiger partial charge is 0.236 e. The first-order valence-corrected chi connectivity index (χ1v) is 14.0. The van der Waals surface area contributed by atoms with Crippen LogP contribution in [0.15, 0.2) is 54.3 Å². The number of carbonyl (C=O) groups is 2. The Bertz CT molecular complexity index is 1180. The largest absolute Gasteiger partial charge is 0.301 e. The summed E-state index contributed by atoms with van der Waals surface area (Å²) in [6.07, 6.45) is 3.26. The van der Waals surface area contributed by atoms with Crippen LogP contribution in [0, 0.1) is 0 Å². The second-order valence-corrected chi connectivity index (χ2v) is 12.7. The van der Waals surface area contributed by atoms with E-state index in [1.165, 1.54) is 46.2 Å². The molecule has 3 aromatic heterocycles. The molecule has 164 valence electrons. The molecule has 2 amide bonds. The first-order chi connectivity index (χ1) is 15.5. The highest BCUT2D eigenvalue weighted by Gasteiger charge is 2.15. The topological polar surface area (TPSA) is 110 Å². The number of anilines is 2. The molecule has 1 aromatic carbocycles. The fourth-order valence-corrected chi connectivity index (χ4v) is 6.30. The minimum absolute atomic E-state index is 0.136. The van der Waals surface area contributed by atoms with Crippen LogP contribution in [0.5, 0.6) is 0 Å². The van der Waals surface area contributed by atoms with Crippen LogP contribution in [0.3, 0.4) is 0 Å². The minimum atomic E-state index is -0.199. The Kier molecular flexibility index (Phi) is 8.12. The first-order valence-electron chi connectivity index (χ1n) is 8.81. The van der Waals surface area contributed by atoms with E-state index in [0.717, 1.165) is 18.6 Å². The Morgan fingerprint density at radius 1 is 0.812 bits per heavy atom. The van der Waals surface area contributed by atoms with Crippen molar-refractivity contribution in [1.82, 2.24) is 19.9 Å². The summed E-state index contributed by atoms with van der Waals surface area (Å²) in [5, 5.41) is 7.74. The monoisotopic (exact) mass is 630 g/mol. The van der Waals surface area contributed by atoms with Gasteiger partial charge in [0.05, 0.1) is 42.5 Å². The molecule has 0 atom stereocenters. The van der Waals surface area contributed by atoms with Gasteiger partial charge in [0.1, 0.15) is 10.1 Å². The summed E-state index contributed by atoms with van der Waals surface area (Å²) in [7, 11) is 0. The number of hydrogen-bond acceptors (Lipinski definition) is 10. The molecule has 4 rings (SSSR count). The lowest BCUT2D eigenvalue weighted by molar-refractivity contribution is -0.114. The van der Waals surface area contributed by atoms with Gasteiger partial charge >= 0.3 is 0 Å². The van der Waals surface area contributed by atoms with Crippen molar-refractivity contribution in [2.24, 2.45) is 0 Å². The summed E-state index contributed by atoms with van der Waals surface area (Å²) >= 11 is 11.8. The Morgan fingerprint density at radius 3 is 1.62 bits per heavy atom. The summed E-state index contributed by atoms with van der Waals surface area (Å²) in [6, 6.07) is 7.48. The predicted molar refractivity (Wildman–Crippen MR) is 138 cm³/mol. The van der Waals surface area contributed by atoms with E-state index in [1.807, 2.05) is 24.3 Å². The Balaban J connectivity index is 1.44. The number of nitrogens with zero attached hydrogens (tertiary/aromatic N) is 4. The van der Waals surface area contributed by atoms with Gasteiger partial charge in [0, 0.05) is 0 Å². The predicted octanol–water partition coefficient (Wildman–Crippen LogP) is 5.53. The van der Waals surface area contributed by atoms with Crippen LogP contribution in [0.1, 0.15) is 0 Å². The van der Waals surface area contributed by atoms with E-state index in [0.29, 0.717) is 20.3 Å². The van der Waals surface area contributed by atoms with Crippen LogP contribution < -0.4 is 10.6 Å². The van der Waals surface area contributed by atoms with E-state index in [1.54, 1.807) is 12.4 Å². The van der Waals surface area contributed by atoms with Gasteiger partial charge in [-0.15, -0.1) is 0 Å². The molecule has 0 aliphatic rings. The average Bonchev–Trinajstić information content (AvgIpc) is 3.37. The van der Waals surface area contributed by atoms with Crippen molar-refractivity contribution in [1.29, 1.82) is 0 Å². The maximum atomic E-state index is 12.3. The van der Waals surface area contributed by atoms with Crippen molar-refractivity contribution in [3.63, 3.8) is 0 Å². The summed E-state index contributed by atoms with van der Waals surface area (Å²) in [5.41, 5.74) is 1.45. The van der Waals surface area contributed by atoms with Crippen LogP contribution in [0.25, 0.3) is 11.0 Å². The van der Waals surface area contributed by atoms with E-state index in [9.17, 15) is 9.59 Å². The number of benzene rings is 1. The van der Waals surface area contributed by atoms with E-state index < -0.39 is 0 Å². The second-order valence-electron chi connectivity index (χ2n) is 5.94. The van der Waals surface area contributed by atoms with Gasteiger partial charge in [-0.3, -0.25) is 9.59 Å². The number of hydrogen-bond donors (Lipinski definition) is 2. The zero-order valence-corrected chi connectivity index (χ0v) is 22.3. The third-order valence-electron chi connectivity index (χ3n) is 3.64. The number of thiazole rings is 2. The van der Waals surface area contributed by atoms with Crippen LogP contribution in [0.4, 0.5) is 10.3 Å². The molecule has 0 fully saturated rings. The summed E-state index contributed by atoms with van der Waals surface area (Å²) in [6.45, 7) is 0. The molecule has 8 nitrogen and oxygen atoms in total. The average molecular weight is 632 g/mol. The minimum Gasteiger partial charge on any atom is -0.301 e. The normalized spacial score (nSPS) is 10.9. The SMILES string of the molecule is O=C(CSc1nc2ccccc2nc1SCC(=O)Nc1ncc(Br)s1)Nc1ncc(Br)s1. The molecule has 0 aliphatic heterocycles. The van der Waals surface area contributed by atoms with Crippen molar-refractivity contribution in [3.05, 3.63) is 44.2 Å². The van der Waals surface area contributed by atoms with Gasteiger partial charge < -0.3 is 10.6 Å². The van der Waals surface area contributed by atoms with E-state index in [4.69, 9.17) is 0 Å². The molecular weight excluding hydrogens is 620 g/mol. The number of rotatable bonds is 8. The zero-order chi connectivity index (χ0) is 22.5. The van der Waals surface area contributed by atoms with Crippen molar-refractivity contribution in [2.45, 2.75) is 10.1 Å². The maximum Gasteiger partial charge on any atom is 0.236 e. The molecule has 0 saturated carbocycles. The Labute approximate surface area is 215 Å². The van der Waals surface area contributed by atoms with Gasteiger partial charge in [0.15, 0.2) is 10.3 Å². The number of nitrogens with one attached hydrogen (secondary N) is 2. The Hall–Kier alpha value is -1.58. The van der Waals surface area contributed by atoms with Crippen LogP contribution in [-0.4, -0.2) is 43.3 Å². The van der Waals surface area contributed by atoms with Gasteiger partial charge in [-0.1, -0.05) is 58.3 Å². The van der Waals surface area contributed by atoms with E-state index >= 15 is 0 Å². The molecule has 2 N–H and O–H groups in total. The molecular formula is C18H12Br2N6O2S4. The lowest BCUT2D eigenvalue weighted by Gasteiger charge is -2.09. The highest BCUT2D eigenvalue weighted by Crippen LogP contribution is 2.31. The third kappa shape index (κ3) is 6.48. The molecule has 3 heterocycles. The molecule has 0 aliphatic carbocycles. The van der Waals surface area contributed by atoms with Crippen LogP contribution in [0.2, 0.25) is 0 Å². The Morgan fingerprint density at radius 2 is 1.25 bits per heavy atom. The lowest BCUT2D eigenvalue weighted by atomic mass is 10.3. The number of amides is 2.